The lowest BCUT2D eigenvalue weighted by atomic mass is 9.99. The minimum atomic E-state index is -1.30. The molecule has 5 rings (SSSR count). The molecular formula is C22H18N4O4. The first-order chi connectivity index (χ1) is 14.5. The highest BCUT2D eigenvalue weighted by Crippen LogP contribution is 2.33. The lowest BCUT2D eigenvalue weighted by Crippen LogP contribution is -2.40. The van der Waals surface area contributed by atoms with Crippen molar-refractivity contribution < 1.29 is 18.4 Å². The molecule has 0 bridgehead atoms. The normalized spacial score (nSPS) is 18.9. The van der Waals surface area contributed by atoms with E-state index in [0.717, 1.165) is 15.8 Å². The van der Waals surface area contributed by atoms with E-state index in [1.165, 1.54) is 0 Å². The van der Waals surface area contributed by atoms with Gasteiger partial charge in [0.05, 0.1) is 6.42 Å². The Hall–Kier alpha value is -3.94. The molecule has 30 heavy (non-hydrogen) atoms. The molecule has 0 radical (unpaired) electrons. The van der Waals surface area contributed by atoms with Crippen LogP contribution in [0.5, 0.6) is 0 Å². The van der Waals surface area contributed by atoms with E-state index in [1.807, 2.05) is 54.6 Å². The molecule has 8 nitrogen and oxygen atoms in total. The number of benzene rings is 2. The van der Waals surface area contributed by atoms with Crippen molar-refractivity contribution in [2.45, 2.75) is 25.4 Å². The molecule has 3 amide bonds. The third-order valence-corrected chi connectivity index (χ3v) is 5.19. The summed E-state index contributed by atoms with van der Waals surface area (Å²) in [6.45, 7) is 1.52. The standard InChI is InChI=1S/C22H18N4O4/c1-22(17-12-15-9-5-6-10-16(15)29-17)20(27)26(21(28)23-22)13-19-25-24-18(30-19)11-14-7-3-2-4-8-14/h2-10,12H,11,13H2,1H3,(H,23,28). The highest BCUT2D eigenvalue weighted by molar-refractivity contribution is 6.07. The van der Waals surface area contributed by atoms with Gasteiger partial charge in [-0.15, -0.1) is 10.2 Å². The number of nitrogens with one attached hydrogen (secondary N) is 1. The number of rotatable bonds is 5. The van der Waals surface area contributed by atoms with Crippen LogP contribution in [0.2, 0.25) is 0 Å². The molecule has 0 spiro atoms. The summed E-state index contributed by atoms with van der Waals surface area (Å²) >= 11 is 0. The highest BCUT2D eigenvalue weighted by atomic mass is 16.4. The SMILES string of the molecule is CC1(c2cc3ccccc3o2)NC(=O)N(Cc2nnc(Cc3ccccc3)o2)C1=O. The van der Waals surface area contributed by atoms with Gasteiger partial charge in [-0.3, -0.25) is 9.69 Å². The Morgan fingerprint density at radius 3 is 2.50 bits per heavy atom. The van der Waals surface area contributed by atoms with E-state index in [4.69, 9.17) is 8.83 Å². The first kappa shape index (κ1) is 18.1. The maximum atomic E-state index is 13.1. The molecule has 1 atom stereocenters. The molecule has 8 heteroatoms. The van der Waals surface area contributed by atoms with Crippen molar-refractivity contribution >= 4 is 22.9 Å². The first-order valence-corrected chi connectivity index (χ1v) is 9.51. The van der Waals surface area contributed by atoms with Crippen molar-refractivity contribution in [2.75, 3.05) is 0 Å². The number of carbonyl (C=O) groups excluding carboxylic acids is 2. The zero-order valence-corrected chi connectivity index (χ0v) is 16.2. The monoisotopic (exact) mass is 402 g/mol. The van der Waals surface area contributed by atoms with E-state index in [9.17, 15) is 9.59 Å². The fraction of sp³-hybridized carbons (Fsp3) is 0.182. The molecule has 4 aromatic rings. The highest BCUT2D eigenvalue weighted by Gasteiger charge is 2.51. The van der Waals surface area contributed by atoms with E-state index in [1.54, 1.807) is 13.0 Å². The van der Waals surface area contributed by atoms with Crippen LogP contribution in [0.1, 0.15) is 30.0 Å². The van der Waals surface area contributed by atoms with Gasteiger partial charge >= 0.3 is 6.03 Å². The van der Waals surface area contributed by atoms with Crippen LogP contribution < -0.4 is 5.32 Å². The molecule has 1 fully saturated rings. The van der Waals surface area contributed by atoms with E-state index in [-0.39, 0.29) is 12.4 Å². The molecule has 3 heterocycles. The molecule has 1 aliphatic rings. The fourth-order valence-corrected chi connectivity index (χ4v) is 3.57. The summed E-state index contributed by atoms with van der Waals surface area (Å²) in [4.78, 5) is 26.7. The largest absolute Gasteiger partial charge is 0.458 e. The number of imide groups is 1. The second-order valence-corrected chi connectivity index (χ2v) is 7.35. The second-order valence-electron chi connectivity index (χ2n) is 7.35. The summed E-state index contributed by atoms with van der Waals surface area (Å²) in [6, 6.07) is 18.4. The van der Waals surface area contributed by atoms with Crippen LogP contribution in [-0.2, 0) is 23.3 Å². The van der Waals surface area contributed by atoms with Gasteiger partial charge in [0.15, 0.2) is 5.54 Å². The van der Waals surface area contributed by atoms with Gasteiger partial charge in [0.1, 0.15) is 17.9 Å². The van der Waals surface area contributed by atoms with Crippen molar-refractivity contribution in [1.29, 1.82) is 0 Å². The first-order valence-electron chi connectivity index (χ1n) is 9.51. The minimum absolute atomic E-state index is 0.109. The van der Waals surface area contributed by atoms with Gasteiger partial charge in [-0.05, 0) is 24.6 Å². The summed E-state index contributed by atoms with van der Waals surface area (Å²) in [5.74, 6) is 0.552. The smallest absolute Gasteiger partial charge is 0.325 e. The number of hydrogen-bond donors (Lipinski definition) is 1. The van der Waals surface area contributed by atoms with Gasteiger partial charge in [-0.2, -0.15) is 0 Å². The Morgan fingerprint density at radius 1 is 0.967 bits per heavy atom. The van der Waals surface area contributed by atoms with Crippen LogP contribution in [0.3, 0.4) is 0 Å². The van der Waals surface area contributed by atoms with Crippen molar-refractivity contribution in [3.63, 3.8) is 0 Å². The third kappa shape index (κ3) is 3.02. The zero-order valence-electron chi connectivity index (χ0n) is 16.2. The van der Waals surface area contributed by atoms with E-state index in [0.29, 0.717) is 23.7 Å². The number of hydrogen-bond acceptors (Lipinski definition) is 6. The number of para-hydroxylation sites is 1. The molecule has 2 aromatic heterocycles. The summed E-state index contributed by atoms with van der Waals surface area (Å²) < 4.78 is 11.5. The number of fused-ring (bicyclic) bond motifs is 1. The van der Waals surface area contributed by atoms with Crippen LogP contribution in [0.25, 0.3) is 11.0 Å². The Labute approximate surface area is 171 Å². The Morgan fingerprint density at radius 2 is 1.70 bits per heavy atom. The quantitative estimate of drug-likeness (QED) is 0.514. The van der Waals surface area contributed by atoms with Gasteiger partial charge in [-0.1, -0.05) is 48.5 Å². The molecular weight excluding hydrogens is 384 g/mol. The summed E-state index contributed by atoms with van der Waals surface area (Å²) in [5, 5.41) is 11.6. The number of nitrogens with zero attached hydrogens (tertiary/aromatic N) is 3. The second kappa shape index (κ2) is 6.84. The summed E-state index contributed by atoms with van der Waals surface area (Å²) in [6.07, 6.45) is 0.477. The minimum Gasteiger partial charge on any atom is -0.458 e. The van der Waals surface area contributed by atoms with E-state index >= 15 is 0 Å². The van der Waals surface area contributed by atoms with Crippen molar-refractivity contribution in [3.05, 3.63) is 83.8 Å². The Kier molecular flexibility index (Phi) is 4.13. The Bertz CT molecular complexity index is 1210. The molecule has 1 aliphatic heterocycles. The number of carbonyl (C=O) groups is 2. The molecule has 1 unspecified atom stereocenters. The average Bonchev–Trinajstić information content (AvgIpc) is 3.43. The van der Waals surface area contributed by atoms with Gasteiger partial charge in [-0.25, -0.2) is 4.79 Å². The Balaban J connectivity index is 1.36. The fourth-order valence-electron chi connectivity index (χ4n) is 3.57. The van der Waals surface area contributed by atoms with E-state index < -0.39 is 17.5 Å². The zero-order chi connectivity index (χ0) is 20.7. The predicted molar refractivity (Wildman–Crippen MR) is 106 cm³/mol. The maximum absolute atomic E-state index is 13.1. The van der Waals surface area contributed by atoms with Gasteiger partial charge < -0.3 is 14.2 Å². The van der Waals surface area contributed by atoms with Crippen molar-refractivity contribution in [3.8, 4) is 0 Å². The molecule has 0 saturated carbocycles. The maximum Gasteiger partial charge on any atom is 0.325 e. The van der Waals surface area contributed by atoms with Gasteiger partial charge in [0, 0.05) is 5.39 Å². The predicted octanol–water partition coefficient (Wildman–Crippen LogP) is 3.37. The van der Waals surface area contributed by atoms with Crippen molar-refractivity contribution in [1.82, 2.24) is 20.4 Å². The average molecular weight is 402 g/mol. The molecule has 1 N–H and O–H groups in total. The van der Waals surface area contributed by atoms with Crippen LogP contribution >= 0.6 is 0 Å². The lowest BCUT2D eigenvalue weighted by Gasteiger charge is -2.18. The number of urea groups is 1. The van der Waals surface area contributed by atoms with Crippen LogP contribution in [0.15, 0.2) is 69.5 Å². The van der Waals surface area contributed by atoms with Gasteiger partial charge in [0.2, 0.25) is 11.8 Å². The van der Waals surface area contributed by atoms with Crippen molar-refractivity contribution in [2.24, 2.45) is 0 Å². The molecule has 150 valence electrons. The molecule has 2 aromatic carbocycles. The summed E-state index contributed by atoms with van der Waals surface area (Å²) in [5.41, 5.74) is 0.375. The number of aromatic nitrogens is 2. The number of furan rings is 1. The topological polar surface area (TPSA) is 101 Å². The van der Waals surface area contributed by atoms with Crippen LogP contribution in [0, 0.1) is 0 Å². The third-order valence-electron chi connectivity index (χ3n) is 5.19. The summed E-state index contributed by atoms with van der Waals surface area (Å²) in [7, 11) is 0. The van der Waals surface area contributed by atoms with Gasteiger partial charge in [0.25, 0.3) is 5.91 Å². The number of amides is 3. The van der Waals surface area contributed by atoms with Crippen LogP contribution in [0.4, 0.5) is 4.79 Å². The molecule has 1 saturated heterocycles. The van der Waals surface area contributed by atoms with E-state index in [2.05, 4.69) is 15.5 Å². The molecule has 0 aliphatic carbocycles. The van der Waals surface area contributed by atoms with Crippen LogP contribution in [-0.4, -0.2) is 27.0 Å². The lowest BCUT2D eigenvalue weighted by molar-refractivity contribution is -0.132.